The SMILES string of the molecule is Cc1csc2c(N3CCN(c4cncc(-c5cnn(C)c5)n4)CC3)ncnc12. The average Bonchev–Trinajstić information content (AvgIpc) is 3.34. The molecule has 0 atom stereocenters. The molecule has 1 aliphatic heterocycles. The highest BCUT2D eigenvalue weighted by molar-refractivity contribution is 7.18. The molecule has 28 heavy (non-hydrogen) atoms. The monoisotopic (exact) mass is 392 g/mol. The molecule has 0 radical (unpaired) electrons. The second-order valence-electron chi connectivity index (χ2n) is 6.93. The summed E-state index contributed by atoms with van der Waals surface area (Å²) in [5, 5.41) is 6.37. The van der Waals surface area contributed by atoms with Gasteiger partial charge in [-0.15, -0.1) is 11.3 Å². The lowest BCUT2D eigenvalue weighted by Gasteiger charge is -2.36. The summed E-state index contributed by atoms with van der Waals surface area (Å²) in [7, 11) is 1.90. The number of hydrogen-bond donors (Lipinski definition) is 0. The number of fused-ring (bicyclic) bond motifs is 1. The molecule has 0 aromatic carbocycles. The standard InChI is InChI=1S/C19H20N8S/c1-13-11-28-18-17(13)21-12-22-19(18)27-5-3-26(4-6-27)16-9-20-8-15(24-16)14-7-23-25(2)10-14/h7-12H,3-6H2,1-2H3. The van der Waals surface area contributed by atoms with Gasteiger partial charge < -0.3 is 9.80 Å². The molecule has 0 bridgehead atoms. The van der Waals surface area contributed by atoms with Crippen LogP contribution in [-0.2, 0) is 7.05 Å². The van der Waals surface area contributed by atoms with E-state index in [9.17, 15) is 0 Å². The minimum absolute atomic E-state index is 0.847. The molecule has 1 saturated heterocycles. The fraction of sp³-hybridized carbons (Fsp3) is 0.316. The second kappa shape index (κ2) is 6.83. The van der Waals surface area contributed by atoms with E-state index in [1.807, 2.05) is 25.6 Å². The molecule has 0 N–H and O–H groups in total. The zero-order valence-electron chi connectivity index (χ0n) is 15.8. The minimum Gasteiger partial charge on any atom is -0.352 e. The van der Waals surface area contributed by atoms with Crippen LogP contribution in [0.5, 0.6) is 0 Å². The summed E-state index contributed by atoms with van der Waals surface area (Å²) in [5.74, 6) is 1.94. The Balaban J connectivity index is 1.35. The first kappa shape index (κ1) is 17.1. The maximum Gasteiger partial charge on any atom is 0.150 e. The molecule has 1 fully saturated rings. The van der Waals surface area contributed by atoms with Gasteiger partial charge in [0.05, 0.1) is 34.5 Å². The second-order valence-corrected chi connectivity index (χ2v) is 7.81. The molecule has 4 aromatic rings. The lowest BCUT2D eigenvalue weighted by Crippen LogP contribution is -2.47. The molecule has 5 heterocycles. The number of hydrogen-bond acceptors (Lipinski definition) is 8. The van der Waals surface area contributed by atoms with Crippen LogP contribution in [0.2, 0.25) is 0 Å². The van der Waals surface area contributed by atoms with Crippen molar-refractivity contribution in [2.75, 3.05) is 36.0 Å². The van der Waals surface area contributed by atoms with Crippen molar-refractivity contribution in [3.63, 3.8) is 0 Å². The lowest BCUT2D eigenvalue weighted by atomic mass is 10.2. The Morgan fingerprint density at radius 2 is 1.82 bits per heavy atom. The topological polar surface area (TPSA) is 75.9 Å². The number of aryl methyl sites for hydroxylation is 2. The van der Waals surface area contributed by atoms with Crippen molar-refractivity contribution >= 4 is 33.2 Å². The van der Waals surface area contributed by atoms with Gasteiger partial charge >= 0.3 is 0 Å². The summed E-state index contributed by atoms with van der Waals surface area (Å²) >= 11 is 1.72. The van der Waals surface area contributed by atoms with Gasteiger partial charge in [-0.2, -0.15) is 5.10 Å². The number of aromatic nitrogens is 6. The van der Waals surface area contributed by atoms with Crippen molar-refractivity contribution in [2.24, 2.45) is 7.05 Å². The van der Waals surface area contributed by atoms with Crippen LogP contribution >= 0.6 is 11.3 Å². The number of thiophene rings is 1. The van der Waals surface area contributed by atoms with Crippen LogP contribution in [0.25, 0.3) is 21.5 Å². The molecule has 5 rings (SSSR count). The van der Waals surface area contributed by atoms with Crippen molar-refractivity contribution in [1.29, 1.82) is 0 Å². The molecule has 0 spiro atoms. The predicted octanol–water partition coefficient (Wildman–Crippen LogP) is 2.52. The Kier molecular flexibility index (Phi) is 4.16. The van der Waals surface area contributed by atoms with Crippen molar-refractivity contribution in [3.05, 3.63) is 42.1 Å². The normalized spacial score (nSPS) is 14.8. The summed E-state index contributed by atoms with van der Waals surface area (Å²) in [6.07, 6.45) is 9.06. The van der Waals surface area contributed by atoms with Crippen LogP contribution in [0, 0.1) is 6.92 Å². The Morgan fingerprint density at radius 1 is 1.00 bits per heavy atom. The molecule has 1 aliphatic rings. The zero-order valence-corrected chi connectivity index (χ0v) is 16.6. The Hall–Kier alpha value is -3.07. The van der Waals surface area contributed by atoms with E-state index in [4.69, 9.17) is 4.98 Å². The maximum absolute atomic E-state index is 4.80. The smallest absolute Gasteiger partial charge is 0.150 e. The Morgan fingerprint density at radius 3 is 2.61 bits per heavy atom. The van der Waals surface area contributed by atoms with Gasteiger partial charge in [-0.3, -0.25) is 9.67 Å². The fourth-order valence-electron chi connectivity index (χ4n) is 3.53. The Labute approximate surface area is 166 Å². The molecule has 9 heteroatoms. The first-order valence-corrected chi connectivity index (χ1v) is 10.1. The fourth-order valence-corrected chi connectivity index (χ4v) is 4.55. The van der Waals surface area contributed by atoms with Gasteiger partial charge in [0.2, 0.25) is 0 Å². The molecule has 4 aromatic heterocycles. The van der Waals surface area contributed by atoms with Crippen molar-refractivity contribution < 1.29 is 0 Å². The molecule has 0 amide bonds. The molecular weight excluding hydrogens is 372 g/mol. The number of nitrogens with zero attached hydrogens (tertiary/aromatic N) is 8. The van der Waals surface area contributed by atoms with Crippen molar-refractivity contribution in [1.82, 2.24) is 29.7 Å². The van der Waals surface area contributed by atoms with Crippen LogP contribution in [0.15, 0.2) is 36.5 Å². The summed E-state index contributed by atoms with van der Waals surface area (Å²) in [4.78, 5) is 22.8. The molecule has 0 unspecified atom stereocenters. The summed E-state index contributed by atoms with van der Waals surface area (Å²) in [6, 6.07) is 0. The summed E-state index contributed by atoms with van der Waals surface area (Å²) < 4.78 is 2.95. The van der Waals surface area contributed by atoms with E-state index in [2.05, 4.69) is 42.2 Å². The first-order chi connectivity index (χ1) is 13.7. The lowest BCUT2D eigenvalue weighted by molar-refractivity contribution is 0.642. The van der Waals surface area contributed by atoms with Crippen LogP contribution in [0.3, 0.4) is 0 Å². The van der Waals surface area contributed by atoms with Crippen LogP contribution in [0.4, 0.5) is 11.6 Å². The molecule has 142 valence electrons. The van der Waals surface area contributed by atoms with Gasteiger partial charge in [0.1, 0.15) is 18.0 Å². The summed E-state index contributed by atoms with van der Waals surface area (Å²) in [6.45, 7) is 5.63. The van der Waals surface area contributed by atoms with E-state index in [1.165, 1.54) is 10.3 Å². The Bertz CT molecular complexity index is 1130. The van der Waals surface area contributed by atoms with Crippen molar-refractivity contribution in [2.45, 2.75) is 6.92 Å². The van der Waals surface area contributed by atoms with E-state index in [1.54, 1.807) is 28.5 Å². The number of rotatable bonds is 3. The minimum atomic E-state index is 0.847. The van der Waals surface area contributed by atoms with Gasteiger partial charge in [0, 0.05) is 45.0 Å². The predicted molar refractivity (Wildman–Crippen MR) is 111 cm³/mol. The van der Waals surface area contributed by atoms with E-state index >= 15 is 0 Å². The number of piperazine rings is 1. The zero-order chi connectivity index (χ0) is 19.1. The molecule has 0 aliphatic carbocycles. The third-order valence-corrected chi connectivity index (χ3v) is 6.12. The van der Waals surface area contributed by atoms with Gasteiger partial charge in [-0.05, 0) is 17.9 Å². The highest BCUT2D eigenvalue weighted by Crippen LogP contribution is 2.31. The van der Waals surface area contributed by atoms with E-state index < -0.39 is 0 Å². The molecular formula is C19H20N8S. The van der Waals surface area contributed by atoms with Crippen LogP contribution < -0.4 is 9.80 Å². The molecule has 0 saturated carbocycles. The van der Waals surface area contributed by atoms with Gasteiger partial charge in [-0.1, -0.05) is 0 Å². The van der Waals surface area contributed by atoms with Gasteiger partial charge in [-0.25, -0.2) is 15.0 Å². The van der Waals surface area contributed by atoms with E-state index in [0.717, 1.165) is 54.6 Å². The average molecular weight is 392 g/mol. The first-order valence-electron chi connectivity index (χ1n) is 9.19. The highest BCUT2D eigenvalue weighted by atomic mass is 32.1. The van der Waals surface area contributed by atoms with E-state index in [-0.39, 0.29) is 0 Å². The van der Waals surface area contributed by atoms with Gasteiger partial charge in [0.15, 0.2) is 0 Å². The maximum atomic E-state index is 4.80. The third-order valence-electron chi connectivity index (χ3n) is 5.04. The van der Waals surface area contributed by atoms with Gasteiger partial charge in [0.25, 0.3) is 0 Å². The molecule has 8 nitrogen and oxygen atoms in total. The largest absolute Gasteiger partial charge is 0.352 e. The third kappa shape index (κ3) is 2.97. The highest BCUT2D eigenvalue weighted by Gasteiger charge is 2.22. The quantitative estimate of drug-likeness (QED) is 0.530. The van der Waals surface area contributed by atoms with Crippen molar-refractivity contribution in [3.8, 4) is 11.3 Å². The van der Waals surface area contributed by atoms with Crippen LogP contribution in [-0.4, -0.2) is 55.9 Å². The van der Waals surface area contributed by atoms with Crippen LogP contribution in [0.1, 0.15) is 5.56 Å². The van der Waals surface area contributed by atoms with E-state index in [0.29, 0.717) is 0 Å². The summed E-state index contributed by atoms with van der Waals surface area (Å²) in [5.41, 5.74) is 4.10. The number of anilines is 2.